The Labute approximate surface area is 183 Å². The smallest absolute Gasteiger partial charge is 0.243 e. The molecule has 1 aliphatic heterocycles. The monoisotopic (exact) mass is 450 g/mol. The molecule has 1 amide bonds. The van der Waals surface area contributed by atoms with Crippen molar-refractivity contribution in [2.75, 3.05) is 26.2 Å². The van der Waals surface area contributed by atoms with Crippen molar-refractivity contribution in [2.24, 2.45) is 5.92 Å². The Balaban J connectivity index is 1.61. The fourth-order valence-electron chi connectivity index (χ4n) is 3.56. The Morgan fingerprint density at radius 3 is 2.70 bits per heavy atom. The van der Waals surface area contributed by atoms with E-state index in [-0.39, 0.29) is 28.3 Å². The van der Waals surface area contributed by atoms with E-state index in [9.17, 15) is 13.2 Å². The Kier molecular flexibility index (Phi) is 7.75. The summed E-state index contributed by atoms with van der Waals surface area (Å²) in [4.78, 5) is 12.7. The van der Waals surface area contributed by atoms with Crippen molar-refractivity contribution < 1.29 is 17.9 Å². The summed E-state index contributed by atoms with van der Waals surface area (Å²) in [7, 11) is -3.73. The molecule has 3 rings (SSSR count). The maximum absolute atomic E-state index is 13.1. The molecule has 1 N–H and O–H groups in total. The summed E-state index contributed by atoms with van der Waals surface area (Å²) in [5, 5.41) is 3.20. The van der Waals surface area contributed by atoms with E-state index < -0.39 is 10.0 Å². The van der Waals surface area contributed by atoms with Gasteiger partial charge in [0.05, 0.1) is 22.4 Å². The molecule has 1 fully saturated rings. The van der Waals surface area contributed by atoms with Gasteiger partial charge in [-0.05, 0) is 49.9 Å². The van der Waals surface area contributed by atoms with Gasteiger partial charge in [0.15, 0.2) is 0 Å². The number of sulfonamides is 1. The van der Waals surface area contributed by atoms with Gasteiger partial charge in [-0.3, -0.25) is 4.79 Å². The van der Waals surface area contributed by atoms with Crippen LogP contribution >= 0.6 is 11.6 Å². The van der Waals surface area contributed by atoms with Crippen molar-refractivity contribution in [2.45, 2.75) is 31.1 Å². The molecule has 0 bridgehead atoms. The summed E-state index contributed by atoms with van der Waals surface area (Å²) in [5.41, 5.74) is 1.15. The van der Waals surface area contributed by atoms with E-state index >= 15 is 0 Å². The number of carbonyl (C=O) groups excluding carboxylic acids is 1. The van der Waals surface area contributed by atoms with Crippen LogP contribution in [0.15, 0.2) is 53.4 Å². The number of carbonyl (C=O) groups is 1. The molecular weight excluding hydrogens is 424 g/mol. The highest BCUT2D eigenvalue weighted by molar-refractivity contribution is 7.89. The Morgan fingerprint density at radius 1 is 1.23 bits per heavy atom. The molecule has 30 heavy (non-hydrogen) atoms. The first-order valence-corrected chi connectivity index (χ1v) is 12.0. The van der Waals surface area contributed by atoms with Crippen molar-refractivity contribution in [3.63, 3.8) is 0 Å². The van der Waals surface area contributed by atoms with Gasteiger partial charge < -0.3 is 10.1 Å². The van der Waals surface area contributed by atoms with Gasteiger partial charge in [-0.25, -0.2) is 8.42 Å². The van der Waals surface area contributed by atoms with Crippen molar-refractivity contribution in [3.05, 3.63) is 59.1 Å². The molecule has 1 saturated heterocycles. The van der Waals surface area contributed by atoms with Crippen LogP contribution in [0.25, 0.3) is 0 Å². The summed E-state index contributed by atoms with van der Waals surface area (Å²) in [6.07, 6.45) is 2.06. The number of halogens is 1. The van der Waals surface area contributed by atoms with Crippen LogP contribution in [0.4, 0.5) is 0 Å². The molecular formula is C22H27ClN2O4S. The molecule has 8 heteroatoms. The highest BCUT2D eigenvalue weighted by atomic mass is 35.5. The van der Waals surface area contributed by atoms with Crippen molar-refractivity contribution in [1.82, 2.24) is 9.62 Å². The third-order valence-corrected chi connectivity index (χ3v) is 7.31. The molecule has 0 radical (unpaired) electrons. The van der Waals surface area contributed by atoms with Crippen LogP contribution in [-0.2, 0) is 21.2 Å². The number of ether oxygens (including phenoxy) is 1. The van der Waals surface area contributed by atoms with Crippen LogP contribution in [0.5, 0.6) is 5.75 Å². The highest BCUT2D eigenvalue weighted by Gasteiger charge is 2.33. The minimum Gasteiger partial charge on any atom is -0.492 e. The number of amides is 1. The van der Waals surface area contributed by atoms with Crippen LogP contribution in [0.1, 0.15) is 25.3 Å². The number of rotatable bonds is 8. The van der Waals surface area contributed by atoms with Gasteiger partial charge in [0, 0.05) is 19.6 Å². The third-order valence-electron chi connectivity index (χ3n) is 5.15. The van der Waals surface area contributed by atoms with Crippen LogP contribution < -0.4 is 10.1 Å². The summed E-state index contributed by atoms with van der Waals surface area (Å²) in [5.74, 6) is -0.00884. The fraction of sp³-hybridized carbons (Fsp3) is 0.409. The highest BCUT2D eigenvalue weighted by Crippen LogP contribution is 2.30. The number of piperidine rings is 1. The van der Waals surface area contributed by atoms with E-state index in [1.165, 1.54) is 16.4 Å². The summed E-state index contributed by atoms with van der Waals surface area (Å²) >= 11 is 6.17. The van der Waals surface area contributed by atoms with Gasteiger partial charge in [-0.1, -0.05) is 41.9 Å². The standard InChI is InChI=1S/C22H27ClN2O4S/c1-2-29-21-11-10-19(15-20(21)23)30(27,28)25-14-6-9-18(16-25)22(26)24-13-12-17-7-4-3-5-8-17/h3-5,7-8,10-11,15,18H,2,6,9,12-14,16H2,1H3,(H,24,26)/t18-/m0/s1. The number of benzene rings is 2. The number of nitrogens with one attached hydrogen (secondary N) is 1. The second kappa shape index (κ2) is 10.3. The lowest BCUT2D eigenvalue weighted by atomic mass is 9.99. The summed E-state index contributed by atoms with van der Waals surface area (Å²) in [6, 6.07) is 14.4. The topological polar surface area (TPSA) is 75.7 Å². The largest absolute Gasteiger partial charge is 0.492 e. The Hall–Kier alpha value is -2.09. The molecule has 0 aliphatic carbocycles. The minimum atomic E-state index is -3.73. The Morgan fingerprint density at radius 2 is 2.00 bits per heavy atom. The first kappa shape index (κ1) is 22.6. The predicted octanol–water partition coefficient (Wildman–Crippen LogP) is 3.50. The van der Waals surface area contributed by atoms with E-state index in [4.69, 9.17) is 16.3 Å². The van der Waals surface area contributed by atoms with Crippen molar-refractivity contribution in [1.29, 1.82) is 0 Å². The first-order valence-electron chi connectivity index (χ1n) is 10.2. The minimum absolute atomic E-state index is 0.101. The average molecular weight is 451 g/mol. The van der Waals surface area contributed by atoms with E-state index in [0.29, 0.717) is 38.3 Å². The van der Waals surface area contributed by atoms with Gasteiger partial charge in [-0.15, -0.1) is 0 Å². The molecule has 0 saturated carbocycles. The van der Waals surface area contributed by atoms with E-state index in [0.717, 1.165) is 12.0 Å². The number of hydrogen-bond donors (Lipinski definition) is 1. The van der Waals surface area contributed by atoms with Crippen LogP contribution in [0, 0.1) is 5.92 Å². The maximum Gasteiger partial charge on any atom is 0.243 e. The molecule has 162 valence electrons. The molecule has 0 unspecified atom stereocenters. The number of nitrogens with zero attached hydrogens (tertiary/aromatic N) is 1. The zero-order valence-electron chi connectivity index (χ0n) is 17.0. The fourth-order valence-corrected chi connectivity index (χ4v) is 5.41. The molecule has 1 aliphatic rings. The SMILES string of the molecule is CCOc1ccc(S(=O)(=O)N2CCC[C@H](C(=O)NCCc3ccccc3)C2)cc1Cl. The normalized spacial score (nSPS) is 17.5. The summed E-state index contributed by atoms with van der Waals surface area (Å²) in [6.45, 7) is 3.37. The molecule has 6 nitrogen and oxygen atoms in total. The molecule has 1 heterocycles. The molecule has 0 spiro atoms. The zero-order valence-corrected chi connectivity index (χ0v) is 18.6. The van der Waals surface area contributed by atoms with E-state index in [2.05, 4.69) is 5.32 Å². The zero-order chi connectivity index (χ0) is 21.6. The van der Waals surface area contributed by atoms with Crippen molar-refractivity contribution in [3.8, 4) is 5.75 Å². The van der Waals surface area contributed by atoms with Gasteiger partial charge in [0.2, 0.25) is 15.9 Å². The van der Waals surface area contributed by atoms with Crippen LogP contribution in [0.3, 0.4) is 0 Å². The molecule has 0 aromatic heterocycles. The van der Waals surface area contributed by atoms with Crippen molar-refractivity contribution >= 4 is 27.5 Å². The van der Waals surface area contributed by atoms with Gasteiger partial charge in [0.1, 0.15) is 5.75 Å². The van der Waals surface area contributed by atoms with Gasteiger partial charge in [-0.2, -0.15) is 4.31 Å². The lowest BCUT2D eigenvalue weighted by Crippen LogP contribution is -2.45. The second-order valence-electron chi connectivity index (χ2n) is 7.25. The summed E-state index contributed by atoms with van der Waals surface area (Å²) < 4.78 is 32.9. The molecule has 2 aromatic carbocycles. The van der Waals surface area contributed by atoms with Crippen LogP contribution in [0.2, 0.25) is 5.02 Å². The Bertz CT molecular complexity index is 966. The lowest BCUT2D eigenvalue weighted by Gasteiger charge is -2.31. The first-order chi connectivity index (χ1) is 14.4. The third kappa shape index (κ3) is 5.53. The molecule has 2 aromatic rings. The van der Waals surface area contributed by atoms with E-state index in [1.807, 2.05) is 37.3 Å². The van der Waals surface area contributed by atoms with Gasteiger partial charge in [0.25, 0.3) is 0 Å². The second-order valence-corrected chi connectivity index (χ2v) is 9.60. The quantitative estimate of drug-likeness (QED) is 0.667. The lowest BCUT2D eigenvalue weighted by molar-refractivity contribution is -0.126. The maximum atomic E-state index is 13.1. The van der Waals surface area contributed by atoms with Gasteiger partial charge >= 0.3 is 0 Å². The number of hydrogen-bond acceptors (Lipinski definition) is 4. The van der Waals surface area contributed by atoms with Crippen LogP contribution in [-0.4, -0.2) is 44.9 Å². The predicted molar refractivity (Wildman–Crippen MR) is 117 cm³/mol. The van der Waals surface area contributed by atoms with E-state index in [1.54, 1.807) is 6.07 Å². The average Bonchev–Trinajstić information content (AvgIpc) is 2.76. The molecule has 1 atom stereocenters.